The summed E-state index contributed by atoms with van der Waals surface area (Å²) in [4.78, 5) is 18.7. The summed E-state index contributed by atoms with van der Waals surface area (Å²) >= 11 is 0. The highest BCUT2D eigenvalue weighted by molar-refractivity contribution is 5.75. The van der Waals surface area contributed by atoms with Crippen LogP contribution in [0.15, 0.2) is 15.1 Å². The van der Waals surface area contributed by atoms with Crippen LogP contribution in [-0.2, 0) is 6.42 Å². The van der Waals surface area contributed by atoms with Crippen molar-refractivity contribution in [1.82, 2.24) is 25.5 Å². The van der Waals surface area contributed by atoms with Gasteiger partial charge < -0.3 is 19.3 Å². The predicted molar refractivity (Wildman–Crippen MR) is 87.9 cm³/mol. The fourth-order valence-electron chi connectivity index (χ4n) is 3.42. The van der Waals surface area contributed by atoms with Crippen molar-refractivity contribution in [3.8, 4) is 0 Å². The number of nitrogens with one attached hydrogen (secondary N) is 1. The Bertz CT molecular complexity index is 736. The molecule has 1 atom stereocenters. The van der Waals surface area contributed by atoms with Crippen LogP contribution in [0.4, 0.5) is 4.79 Å². The molecule has 0 radical (unpaired) electrons. The van der Waals surface area contributed by atoms with E-state index in [0.29, 0.717) is 24.7 Å². The van der Waals surface area contributed by atoms with E-state index in [0.717, 1.165) is 49.6 Å². The standard InChI is InChI=1S/C17H23N5O3/c1-11-10-14(24-20-11)13-6-3-9-22(13)17(23)18-8-7-15-19-16(25-21-15)12-4-2-5-12/h10,12-13H,2-9H2,1H3,(H,18,23)/t13-/m0/s1. The lowest BCUT2D eigenvalue weighted by molar-refractivity contribution is 0.182. The average Bonchev–Trinajstić information content (AvgIpc) is 3.25. The summed E-state index contributed by atoms with van der Waals surface area (Å²) in [5.74, 6) is 2.60. The molecule has 0 bridgehead atoms. The Morgan fingerprint density at radius 1 is 1.28 bits per heavy atom. The van der Waals surface area contributed by atoms with E-state index in [1.54, 1.807) is 0 Å². The van der Waals surface area contributed by atoms with Crippen LogP contribution in [0.1, 0.15) is 67.2 Å². The number of likely N-dealkylation sites (tertiary alicyclic amines) is 1. The average molecular weight is 345 g/mol. The third-order valence-electron chi connectivity index (χ3n) is 5.05. The maximum Gasteiger partial charge on any atom is 0.318 e. The number of hydrogen-bond donors (Lipinski definition) is 1. The molecule has 8 nitrogen and oxygen atoms in total. The summed E-state index contributed by atoms with van der Waals surface area (Å²) in [6.07, 6.45) is 5.94. The van der Waals surface area contributed by atoms with Crippen LogP contribution < -0.4 is 5.32 Å². The highest BCUT2D eigenvalue weighted by Gasteiger charge is 2.32. The summed E-state index contributed by atoms with van der Waals surface area (Å²) < 4.78 is 10.6. The van der Waals surface area contributed by atoms with Gasteiger partial charge in [0.05, 0.1) is 11.7 Å². The molecule has 1 aliphatic carbocycles. The van der Waals surface area contributed by atoms with Crippen LogP contribution in [0.25, 0.3) is 0 Å². The second kappa shape index (κ2) is 6.85. The van der Waals surface area contributed by atoms with Crippen molar-refractivity contribution in [3.63, 3.8) is 0 Å². The highest BCUT2D eigenvalue weighted by atomic mass is 16.5. The molecule has 1 saturated heterocycles. The van der Waals surface area contributed by atoms with Crippen molar-refractivity contribution in [2.75, 3.05) is 13.1 Å². The van der Waals surface area contributed by atoms with E-state index >= 15 is 0 Å². The normalized spacial score (nSPS) is 20.7. The first-order valence-corrected chi connectivity index (χ1v) is 9.01. The Morgan fingerprint density at radius 3 is 2.88 bits per heavy atom. The zero-order valence-electron chi connectivity index (χ0n) is 14.4. The molecule has 1 N–H and O–H groups in total. The van der Waals surface area contributed by atoms with E-state index in [1.165, 1.54) is 6.42 Å². The van der Waals surface area contributed by atoms with E-state index in [9.17, 15) is 4.79 Å². The number of rotatable bonds is 5. The summed E-state index contributed by atoms with van der Waals surface area (Å²) in [6.45, 7) is 3.10. The first-order chi connectivity index (χ1) is 12.2. The van der Waals surface area contributed by atoms with Crippen LogP contribution in [0.3, 0.4) is 0 Å². The van der Waals surface area contributed by atoms with E-state index in [1.807, 2.05) is 17.9 Å². The fraction of sp³-hybridized carbons (Fsp3) is 0.647. The van der Waals surface area contributed by atoms with E-state index in [2.05, 4.69) is 20.6 Å². The second-order valence-corrected chi connectivity index (χ2v) is 6.88. The number of aryl methyl sites for hydroxylation is 1. The molecule has 2 fully saturated rings. The highest BCUT2D eigenvalue weighted by Crippen LogP contribution is 2.35. The molecular formula is C17H23N5O3. The monoisotopic (exact) mass is 345 g/mol. The summed E-state index contributed by atoms with van der Waals surface area (Å²) in [7, 11) is 0. The molecule has 1 aliphatic heterocycles. The van der Waals surface area contributed by atoms with Crippen LogP contribution in [0.2, 0.25) is 0 Å². The molecule has 4 rings (SSSR count). The third kappa shape index (κ3) is 3.38. The quantitative estimate of drug-likeness (QED) is 0.895. The fourth-order valence-corrected chi connectivity index (χ4v) is 3.42. The van der Waals surface area contributed by atoms with Crippen molar-refractivity contribution in [2.24, 2.45) is 0 Å². The largest absolute Gasteiger partial charge is 0.359 e. The van der Waals surface area contributed by atoms with Gasteiger partial charge in [-0.1, -0.05) is 16.7 Å². The van der Waals surface area contributed by atoms with Crippen LogP contribution in [-0.4, -0.2) is 39.3 Å². The van der Waals surface area contributed by atoms with Gasteiger partial charge in [0.2, 0.25) is 5.89 Å². The lowest BCUT2D eigenvalue weighted by Crippen LogP contribution is -2.40. The number of hydrogen-bond acceptors (Lipinski definition) is 6. The number of carbonyl (C=O) groups excluding carboxylic acids is 1. The minimum atomic E-state index is -0.0840. The molecule has 2 aliphatic rings. The van der Waals surface area contributed by atoms with E-state index < -0.39 is 0 Å². The lowest BCUT2D eigenvalue weighted by Gasteiger charge is -2.22. The first kappa shape index (κ1) is 16.1. The van der Waals surface area contributed by atoms with Gasteiger partial charge >= 0.3 is 6.03 Å². The van der Waals surface area contributed by atoms with Gasteiger partial charge in [0.25, 0.3) is 0 Å². The Balaban J connectivity index is 1.28. The van der Waals surface area contributed by atoms with Gasteiger partial charge in [-0.15, -0.1) is 0 Å². The van der Waals surface area contributed by atoms with E-state index in [-0.39, 0.29) is 12.1 Å². The van der Waals surface area contributed by atoms with Gasteiger partial charge in [-0.05, 0) is 32.6 Å². The Hall–Kier alpha value is -2.38. The number of carbonyl (C=O) groups is 1. The summed E-state index contributed by atoms with van der Waals surface area (Å²) in [5.41, 5.74) is 0.835. The van der Waals surface area contributed by atoms with Gasteiger partial charge in [0.1, 0.15) is 0 Å². The zero-order valence-corrected chi connectivity index (χ0v) is 14.4. The molecule has 1 saturated carbocycles. The van der Waals surface area contributed by atoms with Crippen LogP contribution in [0, 0.1) is 6.92 Å². The van der Waals surface area contributed by atoms with Crippen molar-refractivity contribution >= 4 is 6.03 Å². The van der Waals surface area contributed by atoms with Gasteiger partial charge in [0, 0.05) is 31.5 Å². The third-order valence-corrected chi connectivity index (χ3v) is 5.05. The van der Waals surface area contributed by atoms with Crippen molar-refractivity contribution in [2.45, 2.75) is 57.4 Å². The maximum atomic E-state index is 12.5. The molecule has 2 aromatic heterocycles. The predicted octanol–water partition coefficient (Wildman–Crippen LogP) is 2.72. The van der Waals surface area contributed by atoms with Gasteiger partial charge in [-0.25, -0.2) is 4.79 Å². The van der Waals surface area contributed by atoms with Gasteiger partial charge in [-0.2, -0.15) is 4.98 Å². The van der Waals surface area contributed by atoms with Crippen molar-refractivity contribution in [3.05, 3.63) is 29.2 Å². The van der Waals surface area contributed by atoms with Crippen LogP contribution >= 0.6 is 0 Å². The molecule has 8 heteroatoms. The topological polar surface area (TPSA) is 97.3 Å². The van der Waals surface area contributed by atoms with Crippen molar-refractivity contribution < 1.29 is 13.8 Å². The molecule has 3 heterocycles. The maximum absolute atomic E-state index is 12.5. The van der Waals surface area contributed by atoms with E-state index in [4.69, 9.17) is 9.05 Å². The van der Waals surface area contributed by atoms with Crippen molar-refractivity contribution in [1.29, 1.82) is 0 Å². The summed E-state index contributed by atoms with van der Waals surface area (Å²) in [6, 6.07) is 1.79. The Kier molecular flexibility index (Phi) is 4.42. The molecule has 0 spiro atoms. The molecule has 0 aromatic carbocycles. The smallest absolute Gasteiger partial charge is 0.318 e. The molecule has 0 unspecified atom stereocenters. The number of nitrogens with zero attached hydrogens (tertiary/aromatic N) is 4. The zero-order chi connectivity index (χ0) is 17.2. The lowest BCUT2D eigenvalue weighted by atomic mass is 9.85. The minimum absolute atomic E-state index is 0.0309. The van der Waals surface area contributed by atoms with Gasteiger partial charge in [-0.3, -0.25) is 0 Å². The number of amides is 2. The Morgan fingerprint density at radius 2 is 2.16 bits per heavy atom. The van der Waals surface area contributed by atoms with Gasteiger partial charge in [0.15, 0.2) is 11.6 Å². The molecular weight excluding hydrogens is 322 g/mol. The van der Waals surface area contributed by atoms with Crippen LogP contribution in [0.5, 0.6) is 0 Å². The first-order valence-electron chi connectivity index (χ1n) is 9.01. The molecule has 2 aromatic rings. The molecule has 25 heavy (non-hydrogen) atoms. The summed E-state index contributed by atoms with van der Waals surface area (Å²) in [5, 5.41) is 10.9. The Labute approximate surface area is 145 Å². The molecule has 2 amide bonds. The SMILES string of the molecule is Cc1cc([C@@H]2CCCN2C(=O)NCCc2noc(C3CCC3)n2)on1. The second-order valence-electron chi connectivity index (χ2n) is 6.88. The molecule has 134 valence electrons. The number of aromatic nitrogens is 3. The number of urea groups is 1. The minimum Gasteiger partial charge on any atom is -0.359 e.